The van der Waals surface area contributed by atoms with Gasteiger partial charge < -0.3 is 0 Å². The van der Waals surface area contributed by atoms with Crippen LogP contribution in [0, 0.1) is 10.1 Å². The van der Waals surface area contributed by atoms with E-state index in [0.717, 1.165) is 0 Å². The minimum Gasteiger partial charge on any atom is -0.277 e. The Balaban J connectivity index is 1.89. The smallest absolute Gasteiger partial charge is 0.271 e. The van der Waals surface area contributed by atoms with E-state index in [2.05, 4.69) is 21.1 Å². The predicted molar refractivity (Wildman–Crippen MR) is 125 cm³/mol. The van der Waals surface area contributed by atoms with Gasteiger partial charge in [0.1, 0.15) is 0 Å². The van der Waals surface area contributed by atoms with Gasteiger partial charge >= 0.3 is 0 Å². The molecule has 0 bridgehead atoms. The van der Waals surface area contributed by atoms with Crippen molar-refractivity contribution >= 4 is 37.9 Å². The molecule has 0 atom stereocenters. The standard InChI is InChI=1S/C22H19N5O5S/c1-16(23-25-21(28)17-12-14-19(15-13-17)27(29)30)22(26-24-18-8-4-2-5-9-18)33(31,32)20-10-6-3-7-11-20/h2-15,24H,1H3,(H,25,28)/b23-16+,26-22-. The number of hydrogen-bond donors (Lipinski definition) is 2. The molecular weight excluding hydrogens is 446 g/mol. The molecule has 3 rings (SSSR count). The van der Waals surface area contributed by atoms with Crippen molar-refractivity contribution in [2.75, 3.05) is 5.43 Å². The van der Waals surface area contributed by atoms with Gasteiger partial charge in [-0.25, -0.2) is 13.8 Å². The Morgan fingerprint density at radius 3 is 2.03 bits per heavy atom. The zero-order valence-corrected chi connectivity index (χ0v) is 18.2. The molecule has 0 aliphatic rings. The highest BCUT2D eigenvalue weighted by molar-refractivity contribution is 8.08. The van der Waals surface area contributed by atoms with E-state index in [-0.39, 0.29) is 26.9 Å². The summed E-state index contributed by atoms with van der Waals surface area (Å²) in [5.74, 6) is -0.670. The van der Waals surface area contributed by atoms with Gasteiger partial charge in [0.25, 0.3) is 11.6 Å². The Bertz CT molecular complexity index is 1310. The number of anilines is 1. The predicted octanol–water partition coefficient (Wildman–Crippen LogP) is 3.60. The summed E-state index contributed by atoms with van der Waals surface area (Å²) in [6, 6.07) is 21.3. The monoisotopic (exact) mass is 465 g/mol. The van der Waals surface area contributed by atoms with Gasteiger partial charge in [-0.2, -0.15) is 10.2 Å². The van der Waals surface area contributed by atoms with Crippen LogP contribution in [0.5, 0.6) is 0 Å². The molecule has 0 saturated heterocycles. The van der Waals surface area contributed by atoms with E-state index in [4.69, 9.17) is 0 Å². The molecule has 0 saturated carbocycles. The molecule has 0 heterocycles. The van der Waals surface area contributed by atoms with Gasteiger partial charge in [0.05, 0.1) is 21.2 Å². The van der Waals surface area contributed by atoms with Crippen molar-refractivity contribution in [1.82, 2.24) is 5.43 Å². The first-order valence-electron chi connectivity index (χ1n) is 9.57. The average molecular weight is 465 g/mol. The van der Waals surface area contributed by atoms with Crippen LogP contribution in [0.1, 0.15) is 17.3 Å². The molecule has 0 aliphatic heterocycles. The lowest BCUT2D eigenvalue weighted by molar-refractivity contribution is -0.384. The van der Waals surface area contributed by atoms with Crippen LogP contribution >= 0.6 is 0 Å². The number of hydrogen-bond acceptors (Lipinski definition) is 8. The highest BCUT2D eigenvalue weighted by Gasteiger charge is 2.26. The topological polar surface area (TPSA) is 143 Å². The second-order valence-electron chi connectivity index (χ2n) is 6.65. The number of carbonyl (C=O) groups excluding carboxylic acids is 1. The number of nitro benzene ring substituents is 1. The number of para-hydroxylation sites is 1. The van der Waals surface area contributed by atoms with E-state index >= 15 is 0 Å². The van der Waals surface area contributed by atoms with Gasteiger partial charge in [0.2, 0.25) is 14.9 Å². The molecule has 11 heteroatoms. The maximum absolute atomic E-state index is 13.2. The lowest BCUT2D eigenvalue weighted by Crippen LogP contribution is -2.28. The largest absolute Gasteiger partial charge is 0.277 e. The summed E-state index contributed by atoms with van der Waals surface area (Å²) in [4.78, 5) is 22.5. The zero-order valence-electron chi connectivity index (χ0n) is 17.4. The van der Waals surface area contributed by atoms with Crippen molar-refractivity contribution in [2.45, 2.75) is 11.8 Å². The third-order valence-electron chi connectivity index (χ3n) is 4.34. The maximum atomic E-state index is 13.2. The number of nitro groups is 1. The van der Waals surface area contributed by atoms with E-state index < -0.39 is 20.7 Å². The van der Waals surface area contributed by atoms with Crippen LogP contribution in [0.25, 0.3) is 0 Å². The quantitative estimate of drug-likeness (QED) is 0.236. The minimum absolute atomic E-state index is 0.00913. The number of rotatable bonds is 7. The fraction of sp³-hybridized carbons (Fsp3) is 0.0455. The Morgan fingerprint density at radius 1 is 0.879 bits per heavy atom. The molecular formula is C22H19N5O5S. The summed E-state index contributed by atoms with van der Waals surface area (Å²) in [6.07, 6.45) is 0. The van der Waals surface area contributed by atoms with Crippen LogP contribution in [-0.4, -0.2) is 30.0 Å². The third kappa shape index (κ3) is 5.86. The molecule has 10 nitrogen and oxygen atoms in total. The van der Waals surface area contributed by atoms with Gasteiger partial charge in [0.15, 0.2) is 0 Å². The molecule has 0 aromatic heterocycles. The van der Waals surface area contributed by atoms with Crippen molar-refractivity contribution in [3.05, 3.63) is 101 Å². The summed E-state index contributed by atoms with van der Waals surface area (Å²) in [5.41, 5.74) is 5.38. The third-order valence-corrected chi connectivity index (χ3v) is 6.13. The highest BCUT2D eigenvalue weighted by Crippen LogP contribution is 2.15. The average Bonchev–Trinajstić information content (AvgIpc) is 2.83. The fourth-order valence-corrected chi connectivity index (χ4v) is 4.00. The number of nitrogens with zero attached hydrogens (tertiary/aromatic N) is 3. The second-order valence-corrected chi connectivity index (χ2v) is 8.52. The Morgan fingerprint density at radius 2 is 1.45 bits per heavy atom. The van der Waals surface area contributed by atoms with E-state index in [1.54, 1.807) is 48.5 Å². The Hall–Kier alpha value is -4.38. The lowest BCUT2D eigenvalue weighted by Gasteiger charge is -2.09. The van der Waals surface area contributed by atoms with Crippen molar-refractivity contribution in [2.24, 2.45) is 10.2 Å². The minimum atomic E-state index is -4.07. The highest BCUT2D eigenvalue weighted by atomic mass is 32.2. The first-order valence-corrected chi connectivity index (χ1v) is 11.1. The van der Waals surface area contributed by atoms with Crippen molar-refractivity contribution < 1.29 is 18.1 Å². The molecule has 0 spiro atoms. The number of amides is 1. The van der Waals surface area contributed by atoms with Crippen LogP contribution in [0.4, 0.5) is 11.4 Å². The van der Waals surface area contributed by atoms with Crippen molar-refractivity contribution in [3.63, 3.8) is 0 Å². The maximum Gasteiger partial charge on any atom is 0.271 e. The molecule has 33 heavy (non-hydrogen) atoms. The molecule has 0 fully saturated rings. The van der Waals surface area contributed by atoms with Crippen molar-refractivity contribution in [1.29, 1.82) is 0 Å². The lowest BCUT2D eigenvalue weighted by atomic mass is 10.2. The van der Waals surface area contributed by atoms with E-state index in [0.29, 0.717) is 5.69 Å². The molecule has 3 aromatic rings. The van der Waals surface area contributed by atoms with Crippen LogP contribution in [0.3, 0.4) is 0 Å². The second kappa shape index (κ2) is 10.3. The summed E-state index contributed by atoms with van der Waals surface area (Å²) >= 11 is 0. The van der Waals surface area contributed by atoms with Gasteiger partial charge in [0, 0.05) is 17.7 Å². The summed E-state index contributed by atoms with van der Waals surface area (Å²) in [6.45, 7) is 1.39. The molecule has 3 aromatic carbocycles. The SMILES string of the molecule is CC(=N\NC(=O)c1ccc([N+](=O)[O-])cc1)/C(=N/Nc1ccccc1)S(=O)(=O)c1ccccc1. The number of carbonyl (C=O) groups is 1. The normalized spacial score (nSPS) is 12.2. The van der Waals surface area contributed by atoms with Gasteiger partial charge in [-0.1, -0.05) is 36.4 Å². The van der Waals surface area contributed by atoms with Crippen LogP contribution in [-0.2, 0) is 9.84 Å². The summed E-state index contributed by atoms with van der Waals surface area (Å²) in [7, 11) is -4.07. The molecule has 1 amide bonds. The number of non-ortho nitro benzene ring substituents is 1. The van der Waals surface area contributed by atoms with Crippen LogP contribution in [0.15, 0.2) is 100 Å². The van der Waals surface area contributed by atoms with Crippen LogP contribution in [0.2, 0.25) is 0 Å². The van der Waals surface area contributed by atoms with Gasteiger partial charge in [-0.05, 0) is 43.3 Å². The van der Waals surface area contributed by atoms with E-state index in [1.165, 1.54) is 43.3 Å². The molecule has 0 unspecified atom stereocenters. The summed E-state index contributed by atoms with van der Waals surface area (Å²) < 4.78 is 26.4. The number of hydrazone groups is 2. The molecule has 168 valence electrons. The van der Waals surface area contributed by atoms with Crippen molar-refractivity contribution in [3.8, 4) is 0 Å². The fourth-order valence-electron chi connectivity index (χ4n) is 2.66. The zero-order chi connectivity index (χ0) is 23.8. The number of benzene rings is 3. The molecule has 0 aliphatic carbocycles. The van der Waals surface area contributed by atoms with Crippen LogP contribution < -0.4 is 10.9 Å². The van der Waals surface area contributed by atoms with Gasteiger partial charge in [-0.3, -0.25) is 20.3 Å². The molecule has 0 radical (unpaired) electrons. The van der Waals surface area contributed by atoms with E-state index in [1.807, 2.05) is 0 Å². The molecule has 2 N–H and O–H groups in total. The van der Waals surface area contributed by atoms with Gasteiger partial charge in [-0.15, -0.1) is 0 Å². The Labute approximate surface area is 189 Å². The first-order chi connectivity index (χ1) is 15.8. The number of nitrogens with one attached hydrogen (secondary N) is 2. The summed E-state index contributed by atoms with van der Waals surface area (Å²) in [5, 5.41) is 18.3. The Kier molecular flexibility index (Phi) is 7.26. The first kappa shape index (κ1) is 23.3. The van der Waals surface area contributed by atoms with E-state index in [9.17, 15) is 23.3 Å². The number of sulfone groups is 1.